The molecule has 0 aliphatic carbocycles. The number of carbonyl (C=O) groups excluding carboxylic acids is 2. The Kier molecular flexibility index (Phi) is 33.4. The van der Waals surface area contributed by atoms with E-state index in [1.165, 1.54) is 57.8 Å². The van der Waals surface area contributed by atoms with Gasteiger partial charge in [-0.1, -0.05) is 133 Å². The molecule has 0 saturated carbocycles. The molecule has 0 aromatic heterocycles. The number of ether oxygens (including phenoxy) is 2. The molecule has 0 spiro atoms. The van der Waals surface area contributed by atoms with Crippen LogP contribution in [-0.4, -0.2) is 74.9 Å². The van der Waals surface area contributed by atoms with Gasteiger partial charge in [-0.3, -0.25) is 18.6 Å². The zero-order chi connectivity index (χ0) is 38.6. The van der Waals surface area contributed by atoms with Gasteiger partial charge >= 0.3 is 19.8 Å². The van der Waals surface area contributed by atoms with Gasteiger partial charge in [0.2, 0.25) is 0 Å². The van der Waals surface area contributed by atoms with Crippen molar-refractivity contribution in [3.63, 3.8) is 0 Å². The summed E-state index contributed by atoms with van der Waals surface area (Å²) in [4.78, 5) is 35.2. The number of phosphoric ester groups is 1. The van der Waals surface area contributed by atoms with Crippen molar-refractivity contribution in [3.8, 4) is 0 Å². The summed E-state index contributed by atoms with van der Waals surface area (Å²) in [5.74, 6) is -0.841. The Morgan fingerprint density at radius 1 is 0.596 bits per heavy atom. The van der Waals surface area contributed by atoms with Crippen molar-refractivity contribution in [1.29, 1.82) is 0 Å². The quantitative estimate of drug-likeness (QED) is 0.0221. The number of quaternary nitrogens is 1. The van der Waals surface area contributed by atoms with E-state index < -0.39 is 32.5 Å². The van der Waals surface area contributed by atoms with Crippen molar-refractivity contribution in [2.75, 3.05) is 47.5 Å². The summed E-state index contributed by atoms with van der Waals surface area (Å²) >= 11 is 0. The van der Waals surface area contributed by atoms with Gasteiger partial charge in [0, 0.05) is 12.8 Å². The van der Waals surface area contributed by atoms with Crippen LogP contribution in [0.4, 0.5) is 0 Å². The second-order valence-corrected chi connectivity index (χ2v) is 16.1. The second-order valence-electron chi connectivity index (χ2n) is 14.7. The minimum absolute atomic E-state index is 0.0255. The van der Waals surface area contributed by atoms with Crippen molar-refractivity contribution in [2.45, 2.75) is 161 Å². The molecular weight excluding hydrogens is 677 g/mol. The molecule has 52 heavy (non-hydrogen) atoms. The lowest BCUT2D eigenvalue weighted by atomic mass is 10.1. The zero-order valence-electron chi connectivity index (χ0n) is 33.8. The number of carbonyl (C=O) groups is 2. The molecule has 0 aliphatic heterocycles. The molecular formula is C42H77NO8P+. The Balaban J connectivity index is 4.40. The minimum Gasteiger partial charge on any atom is -0.462 e. The SMILES string of the molecule is CCCCC/C=C/C/C=C/C/C=C/C/C=C/CCCCCC(=O)OC[C@@H](COP(=O)(O)OCC[N+](C)(C)C)OC(=O)CCCCCCCCCCC. The standard InChI is InChI=1S/C42H76NO8P/c1-6-8-10-12-14-16-17-18-19-20-21-22-23-24-25-27-28-30-32-34-41(44)48-38-40(39-50-52(46,47)49-37-36-43(3,4)5)51-42(45)35-33-31-29-26-15-13-11-9-7-2/h14,16,18-19,21-22,24-25,40H,6-13,15,17,20,23,26-39H2,1-5H3/p+1/b16-14+,19-18+,22-21+,25-24+/t40-/m0/s1. The maximum absolute atomic E-state index is 12.6. The molecule has 0 aromatic carbocycles. The molecule has 0 saturated heterocycles. The van der Waals surface area contributed by atoms with Gasteiger partial charge in [0.05, 0.1) is 27.7 Å². The summed E-state index contributed by atoms with van der Waals surface area (Å²) in [6.45, 7) is 4.31. The third kappa shape index (κ3) is 37.7. The van der Waals surface area contributed by atoms with Crippen molar-refractivity contribution in [3.05, 3.63) is 48.6 Å². The average molecular weight is 755 g/mol. The molecule has 9 nitrogen and oxygen atoms in total. The number of hydrogen-bond acceptors (Lipinski definition) is 7. The van der Waals surface area contributed by atoms with E-state index in [0.717, 1.165) is 57.8 Å². The van der Waals surface area contributed by atoms with E-state index in [1.54, 1.807) is 0 Å². The van der Waals surface area contributed by atoms with Crippen molar-refractivity contribution >= 4 is 19.8 Å². The van der Waals surface area contributed by atoms with Gasteiger partial charge in [-0.05, 0) is 57.8 Å². The van der Waals surface area contributed by atoms with Gasteiger partial charge in [-0.15, -0.1) is 0 Å². The maximum atomic E-state index is 12.6. The number of unbranched alkanes of at least 4 members (excludes halogenated alkanes) is 14. The first-order valence-electron chi connectivity index (χ1n) is 20.4. The third-order valence-corrected chi connectivity index (χ3v) is 9.35. The predicted octanol–water partition coefficient (Wildman–Crippen LogP) is 11.1. The fourth-order valence-electron chi connectivity index (χ4n) is 5.11. The zero-order valence-corrected chi connectivity index (χ0v) is 34.7. The van der Waals surface area contributed by atoms with Crippen LogP contribution in [0.5, 0.6) is 0 Å². The normalized spacial score (nSPS) is 14.2. The lowest BCUT2D eigenvalue weighted by Crippen LogP contribution is -2.37. The molecule has 0 aromatic rings. The molecule has 0 bridgehead atoms. The molecule has 0 radical (unpaired) electrons. The van der Waals surface area contributed by atoms with Crippen molar-refractivity contribution in [1.82, 2.24) is 0 Å². The van der Waals surface area contributed by atoms with Crippen LogP contribution in [0.1, 0.15) is 155 Å². The third-order valence-electron chi connectivity index (χ3n) is 8.36. The molecule has 0 rings (SSSR count). The molecule has 2 atom stereocenters. The number of allylic oxidation sites excluding steroid dienone is 8. The summed E-state index contributed by atoms with van der Waals surface area (Å²) in [6.07, 6.45) is 38.8. The molecule has 302 valence electrons. The monoisotopic (exact) mass is 755 g/mol. The van der Waals surface area contributed by atoms with E-state index >= 15 is 0 Å². The lowest BCUT2D eigenvalue weighted by molar-refractivity contribution is -0.870. The Labute approximate surface area is 318 Å². The van der Waals surface area contributed by atoms with Gasteiger partial charge in [0.25, 0.3) is 0 Å². The summed E-state index contributed by atoms with van der Waals surface area (Å²) in [5, 5.41) is 0. The van der Waals surface area contributed by atoms with E-state index in [-0.39, 0.29) is 26.1 Å². The first-order valence-corrected chi connectivity index (χ1v) is 21.9. The number of rotatable bonds is 36. The topological polar surface area (TPSA) is 108 Å². The van der Waals surface area contributed by atoms with Crippen LogP contribution in [0.3, 0.4) is 0 Å². The summed E-state index contributed by atoms with van der Waals surface area (Å²) in [7, 11) is 1.45. The number of esters is 2. The van der Waals surface area contributed by atoms with Crippen molar-refractivity contribution in [2.24, 2.45) is 0 Å². The molecule has 0 aliphatic rings. The van der Waals surface area contributed by atoms with Crippen LogP contribution < -0.4 is 0 Å². The van der Waals surface area contributed by atoms with E-state index in [0.29, 0.717) is 23.9 Å². The summed E-state index contributed by atoms with van der Waals surface area (Å²) in [5.41, 5.74) is 0. The van der Waals surface area contributed by atoms with Crippen molar-refractivity contribution < 1.29 is 42.1 Å². The van der Waals surface area contributed by atoms with E-state index in [4.69, 9.17) is 18.5 Å². The first kappa shape index (κ1) is 50.0. The number of phosphoric acid groups is 1. The molecule has 10 heteroatoms. The van der Waals surface area contributed by atoms with Gasteiger partial charge in [0.15, 0.2) is 6.10 Å². The van der Waals surface area contributed by atoms with Crippen LogP contribution >= 0.6 is 7.82 Å². The highest BCUT2D eigenvalue weighted by Gasteiger charge is 2.27. The van der Waals surface area contributed by atoms with Crippen LogP contribution in [-0.2, 0) is 32.7 Å². The molecule has 0 amide bonds. The van der Waals surface area contributed by atoms with Gasteiger partial charge in [-0.25, -0.2) is 4.57 Å². The fraction of sp³-hybridized carbons (Fsp3) is 0.762. The Morgan fingerprint density at radius 3 is 1.58 bits per heavy atom. The Hall–Kier alpha value is -2.03. The highest BCUT2D eigenvalue weighted by Crippen LogP contribution is 2.43. The number of nitrogens with zero attached hydrogens (tertiary/aromatic N) is 1. The van der Waals surface area contributed by atoms with Crippen LogP contribution in [0.2, 0.25) is 0 Å². The smallest absolute Gasteiger partial charge is 0.462 e. The highest BCUT2D eigenvalue weighted by atomic mass is 31.2. The van der Waals surface area contributed by atoms with Gasteiger partial charge in [-0.2, -0.15) is 0 Å². The second kappa shape index (κ2) is 34.7. The van der Waals surface area contributed by atoms with Crippen LogP contribution in [0.15, 0.2) is 48.6 Å². The number of likely N-dealkylation sites (N-methyl/N-ethyl adjacent to an activating group) is 1. The molecule has 0 fully saturated rings. The minimum atomic E-state index is -4.37. The van der Waals surface area contributed by atoms with Crippen LogP contribution in [0.25, 0.3) is 0 Å². The Morgan fingerprint density at radius 2 is 1.04 bits per heavy atom. The van der Waals surface area contributed by atoms with Crippen LogP contribution in [0, 0.1) is 0 Å². The number of hydrogen-bond donors (Lipinski definition) is 1. The molecule has 1 unspecified atom stereocenters. The van der Waals surface area contributed by atoms with E-state index in [2.05, 4.69) is 62.5 Å². The maximum Gasteiger partial charge on any atom is 0.472 e. The predicted molar refractivity (Wildman–Crippen MR) is 215 cm³/mol. The Bertz CT molecular complexity index is 1030. The first-order chi connectivity index (χ1) is 25.0. The lowest BCUT2D eigenvalue weighted by Gasteiger charge is -2.24. The average Bonchev–Trinajstić information content (AvgIpc) is 3.09. The van der Waals surface area contributed by atoms with Gasteiger partial charge < -0.3 is 18.9 Å². The summed E-state index contributed by atoms with van der Waals surface area (Å²) in [6, 6.07) is 0. The highest BCUT2D eigenvalue weighted by molar-refractivity contribution is 7.47. The molecule has 1 N–H and O–H groups in total. The molecule has 0 heterocycles. The van der Waals surface area contributed by atoms with E-state index in [9.17, 15) is 19.0 Å². The van der Waals surface area contributed by atoms with E-state index in [1.807, 2.05) is 21.1 Å². The fourth-order valence-corrected chi connectivity index (χ4v) is 5.85. The summed E-state index contributed by atoms with van der Waals surface area (Å²) < 4.78 is 34.1. The largest absolute Gasteiger partial charge is 0.472 e. The van der Waals surface area contributed by atoms with Gasteiger partial charge in [0.1, 0.15) is 19.8 Å².